The Bertz CT molecular complexity index is 2160. The average molecular weight is 575 g/mol. The summed E-state index contributed by atoms with van der Waals surface area (Å²) in [6, 6.07) is 32.8. The van der Waals surface area contributed by atoms with E-state index in [4.69, 9.17) is 4.74 Å². The molecular formula is C38H35BN4O+2. The first-order chi connectivity index (χ1) is 21.7. The number of pyridine rings is 2. The van der Waals surface area contributed by atoms with E-state index >= 15 is 0 Å². The number of rotatable bonds is 2. The summed E-state index contributed by atoms with van der Waals surface area (Å²) in [5, 5.41) is 6.39. The number of hydrogen-bond donors (Lipinski definition) is 1. The molecule has 0 saturated carbocycles. The molecule has 44 heavy (non-hydrogen) atoms. The third-order valence-corrected chi connectivity index (χ3v) is 9.25. The Morgan fingerprint density at radius 1 is 0.909 bits per heavy atom. The summed E-state index contributed by atoms with van der Waals surface area (Å²) in [5.74, 6) is 2.79. The maximum absolute atomic E-state index is 6.90. The molecule has 0 fully saturated rings. The molecule has 0 aliphatic carbocycles. The van der Waals surface area contributed by atoms with Gasteiger partial charge in [-0.15, -0.1) is 0 Å². The lowest BCUT2D eigenvalue weighted by Gasteiger charge is -2.20. The zero-order valence-corrected chi connectivity index (χ0v) is 25.4. The third kappa shape index (κ3) is 3.94. The fraction of sp³-hybridized carbons (Fsp3) is 0.158. The minimum atomic E-state index is 0.0861. The number of ether oxygens (including phenoxy) is 1. The van der Waals surface area contributed by atoms with E-state index in [0.717, 1.165) is 37.1 Å². The van der Waals surface area contributed by atoms with Crippen LogP contribution in [0.2, 0.25) is 0 Å². The van der Waals surface area contributed by atoms with Crippen LogP contribution in [0.4, 0.5) is 0 Å². The van der Waals surface area contributed by atoms with E-state index in [9.17, 15) is 0 Å². The van der Waals surface area contributed by atoms with E-state index in [0.29, 0.717) is 0 Å². The van der Waals surface area contributed by atoms with Crippen LogP contribution >= 0.6 is 0 Å². The maximum Gasteiger partial charge on any atom is 0.298 e. The minimum absolute atomic E-state index is 0.0861. The normalized spacial score (nSPS) is 14.9. The van der Waals surface area contributed by atoms with Gasteiger partial charge in [0.1, 0.15) is 17.8 Å². The molecule has 0 saturated heterocycles. The molecule has 2 aliphatic rings. The SMILES string of the molecule is CC=CC=C1NCC[n+]2cccc3c4ccccc4n(c32)-c2cccc([n+]2CC)Oc2ccc3c(c2C)B1c1ccccc1-3. The quantitative estimate of drug-likeness (QED) is 0.214. The van der Waals surface area contributed by atoms with Crippen molar-refractivity contribution in [3.05, 3.63) is 127 Å². The van der Waals surface area contributed by atoms with E-state index in [2.05, 4.69) is 155 Å². The smallest absolute Gasteiger partial charge is 0.298 e. The predicted molar refractivity (Wildman–Crippen MR) is 179 cm³/mol. The Hall–Kier alpha value is -5.10. The van der Waals surface area contributed by atoms with Gasteiger partial charge in [-0.25, -0.2) is 4.57 Å². The molecule has 0 unspecified atom stereocenters. The lowest BCUT2D eigenvalue weighted by molar-refractivity contribution is -0.694. The molecule has 214 valence electrons. The fourth-order valence-corrected chi connectivity index (χ4v) is 7.33. The van der Waals surface area contributed by atoms with E-state index < -0.39 is 0 Å². The van der Waals surface area contributed by atoms with Crippen molar-refractivity contribution in [1.29, 1.82) is 0 Å². The van der Waals surface area contributed by atoms with Crippen molar-refractivity contribution >= 4 is 39.6 Å². The first-order valence-corrected chi connectivity index (χ1v) is 15.6. The van der Waals surface area contributed by atoms with Gasteiger partial charge in [-0.2, -0.15) is 9.13 Å². The van der Waals surface area contributed by atoms with Crippen LogP contribution in [0.25, 0.3) is 38.9 Å². The highest BCUT2D eigenvalue weighted by molar-refractivity contribution is 6.95. The summed E-state index contributed by atoms with van der Waals surface area (Å²) < 4.78 is 14.0. The Morgan fingerprint density at radius 2 is 1.75 bits per heavy atom. The van der Waals surface area contributed by atoms with Gasteiger partial charge in [-0.3, -0.25) is 0 Å². The van der Waals surface area contributed by atoms with Crippen molar-refractivity contribution in [2.75, 3.05) is 6.54 Å². The molecule has 0 radical (unpaired) electrons. The van der Waals surface area contributed by atoms with Crippen LogP contribution in [0.15, 0.2) is 121 Å². The number of allylic oxidation sites excluding steroid dienone is 3. The van der Waals surface area contributed by atoms with E-state index in [1.807, 2.05) is 0 Å². The summed E-state index contributed by atoms with van der Waals surface area (Å²) >= 11 is 0. The minimum Gasteiger partial charge on any atom is -0.423 e. The average Bonchev–Trinajstić information content (AvgIpc) is 3.57. The third-order valence-electron chi connectivity index (χ3n) is 9.25. The van der Waals surface area contributed by atoms with Gasteiger partial charge in [-0.1, -0.05) is 71.6 Å². The molecule has 2 aliphatic heterocycles. The highest BCUT2D eigenvalue weighted by atomic mass is 16.5. The van der Waals surface area contributed by atoms with Crippen molar-refractivity contribution in [2.24, 2.45) is 0 Å². The Morgan fingerprint density at radius 3 is 2.64 bits per heavy atom. The van der Waals surface area contributed by atoms with Gasteiger partial charge in [0.15, 0.2) is 0 Å². The number of nitrogens with one attached hydrogen (secondary N) is 1. The van der Waals surface area contributed by atoms with E-state index in [1.165, 1.54) is 55.1 Å². The Kier molecular flexibility index (Phi) is 6.37. The first-order valence-electron chi connectivity index (χ1n) is 15.6. The van der Waals surface area contributed by atoms with Crippen molar-refractivity contribution in [3.8, 4) is 28.6 Å². The van der Waals surface area contributed by atoms with Gasteiger partial charge in [0.2, 0.25) is 0 Å². The summed E-state index contributed by atoms with van der Waals surface area (Å²) in [5.41, 5.74) is 9.95. The van der Waals surface area contributed by atoms with Crippen molar-refractivity contribution in [2.45, 2.75) is 33.9 Å². The molecule has 5 heterocycles. The van der Waals surface area contributed by atoms with Crippen LogP contribution in [0.3, 0.4) is 0 Å². The highest BCUT2D eigenvalue weighted by Crippen LogP contribution is 2.34. The zero-order valence-electron chi connectivity index (χ0n) is 25.4. The summed E-state index contributed by atoms with van der Waals surface area (Å²) in [7, 11) is 0. The molecule has 3 aromatic heterocycles. The van der Waals surface area contributed by atoms with Crippen molar-refractivity contribution < 1.29 is 13.9 Å². The van der Waals surface area contributed by atoms with Crippen LogP contribution in [0, 0.1) is 6.92 Å². The van der Waals surface area contributed by atoms with Crippen molar-refractivity contribution in [3.63, 3.8) is 0 Å². The Balaban J connectivity index is 1.43. The molecule has 5 nitrogen and oxygen atoms in total. The Labute approximate surface area is 258 Å². The van der Waals surface area contributed by atoms with Crippen LogP contribution in [0.5, 0.6) is 11.6 Å². The molecule has 0 atom stereocenters. The molecule has 0 spiro atoms. The lowest BCUT2D eigenvalue weighted by atomic mass is 9.39. The largest absolute Gasteiger partial charge is 0.423 e. The van der Waals surface area contributed by atoms with Gasteiger partial charge in [0.25, 0.3) is 24.1 Å². The van der Waals surface area contributed by atoms with Gasteiger partial charge >= 0.3 is 0 Å². The van der Waals surface area contributed by atoms with Gasteiger partial charge < -0.3 is 10.1 Å². The fourth-order valence-electron chi connectivity index (χ4n) is 7.33. The van der Waals surface area contributed by atoms with Gasteiger partial charge in [0, 0.05) is 17.5 Å². The zero-order chi connectivity index (χ0) is 29.8. The predicted octanol–water partition coefficient (Wildman–Crippen LogP) is 5.67. The second kappa shape index (κ2) is 10.6. The molecule has 8 rings (SSSR count). The number of aromatic nitrogens is 3. The van der Waals surface area contributed by atoms with Crippen molar-refractivity contribution in [1.82, 2.24) is 9.88 Å². The lowest BCUT2D eigenvalue weighted by Crippen LogP contribution is -2.48. The van der Waals surface area contributed by atoms with Crippen LogP contribution < -0.4 is 30.1 Å². The molecule has 6 heteroatoms. The molecular weight excluding hydrogens is 539 g/mol. The number of benzene rings is 3. The maximum atomic E-state index is 6.90. The molecule has 4 bridgehead atoms. The van der Waals surface area contributed by atoms with Crippen LogP contribution in [-0.4, -0.2) is 17.8 Å². The number of nitrogens with zero attached hydrogens (tertiary/aromatic N) is 3. The first kappa shape index (κ1) is 26.5. The highest BCUT2D eigenvalue weighted by Gasteiger charge is 2.37. The van der Waals surface area contributed by atoms with Gasteiger partial charge in [-0.05, 0) is 79.5 Å². The van der Waals surface area contributed by atoms with E-state index in [-0.39, 0.29) is 6.71 Å². The van der Waals surface area contributed by atoms with Gasteiger partial charge in [0.05, 0.1) is 24.7 Å². The second-order valence-electron chi connectivity index (χ2n) is 11.6. The van der Waals surface area contributed by atoms with Crippen LogP contribution in [-0.2, 0) is 13.1 Å². The summed E-state index contributed by atoms with van der Waals surface area (Å²) in [6.07, 6.45) is 8.70. The monoisotopic (exact) mass is 574 g/mol. The summed E-state index contributed by atoms with van der Waals surface area (Å²) in [6.45, 7) is 8.92. The van der Waals surface area contributed by atoms with Crippen LogP contribution in [0.1, 0.15) is 19.4 Å². The number of hydrogen-bond acceptors (Lipinski definition) is 2. The van der Waals surface area contributed by atoms with E-state index in [1.54, 1.807) is 0 Å². The molecule has 1 N–H and O–H groups in total. The molecule has 0 amide bonds. The molecule has 3 aromatic carbocycles. The number of fused-ring (bicyclic) bond motifs is 10. The second-order valence-corrected chi connectivity index (χ2v) is 11.6. The summed E-state index contributed by atoms with van der Waals surface area (Å²) in [4.78, 5) is 0. The number of para-hydroxylation sites is 1. The standard InChI is InChI=1S/C38H35BN4O/c1-4-6-18-34-39-31-16-9-7-13-27(31)29-21-22-33(26(3)37(29)39)44-36-20-11-19-35(42(36)5-2)43-32-17-10-8-14-28(32)30-15-12-24-41(38(30)43)25-23-40-34/h4,6-22,24,40H,5,23,25H2,1-3H3/q+2. The topological polar surface area (TPSA) is 34.0 Å². The molecule has 6 aromatic rings.